The van der Waals surface area contributed by atoms with Crippen LogP contribution in [0.15, 0.2) is 12.2 Å². The molecule has 0 spiro atoms. The number of hydrogen-bond donors (Lipinski definition) is 12. The van der Waals surface area contributed by atoms with Crippen LogP contribution in [0, 0.1) is 0 Å². The topological polar surface area (TPSA) is 307 Å². The van der Waals surface area contributed by atoms with Crippen LogP contribution < -0.4 is 5.32 Å². The first-order valence-corrected chi connectivity index (χ1v) is 44.4. The normalized spacial score (nSPS) is 25.7. The van der Waals surface area contributed by atoms with Crippen LogP contribution in [-0.4, -0.2) is 193 Å². The van der Waals surface area contributed by atoms with Crippen LogP contribution in [0.3, 0.4) is 0 Å². The van der Waals surface area contributed by atoms with Crippen molar-refractivity contribution in [2.75, 3.05) is 26.4 Å². The number of ether oxygens (including phenoxy) is 6. The number of hydrogen-bond acceptors (Lipinski definition) is 18. The van der Waals surface area contributed by atoms with Crippen LogP contribution in [0.25, 0.3) is 0 Å². The number of aliphatic hydroxyl groups is 11. The highest BCUT2D eigenvalue weighted by Gasteiger charge is 2.54. The molecule has 0 radical (unpaired) electrons. The van der Waals surface area contributed by atoms with Crippen molar-refractivity contribution >= 4 is 5.91 Å². The second kappa shape index (κ2) is 67.1. The summed E-state index contributed by atoms with van der Waals surface area (Å²) in [5.41, 5.74) is 0. The van der Waals surface area contributed by atoms with Gasteiger partial charge in [-0.15, -0.1) is 0 Å². The lowest BCUT2D eigenvalue weighted by Gasteiger charge is -2.48. The highest BCUT2D eigenvalue weighted by atomic mass is 16.8. The van der Waals surface area contributed by atoms with Gasteiger partial charge in [0.05, 0.1) is 38.6 Å². The van der Waals surface area contributed by atoms with Gasteiger partial charge >= 0.3 is 0 Å². The van der Waals surface area contributed by atoms with Gasteiger partial charge in [-0.05, 0) is 38.5 Å². The summed E-state index contributed by atoms with van der Waals surface area (Å²) in [6.45, 7) is 1.88. The van der Waals surface area contributed by atoms with E-state index in [1.165, 1.54) is 321 Å². The van der Waals surface area contributed by atoms with Crippen molar-refractivity contribution in [2.45, 2.75) is 503 Å². The number of rotatable bonds is 73. The Hall–Kier alpha value is -1.47. The first-order chi connectivity index (χ1) is 51.3. The van der Waals surface area contributed by atoms with Crippen LogP contribution in [0.1, 0.15) is 399 Å². The van der Waals surface area contributed by atoms with Gasteiger partial charge < -0.3 is 89.9 Å². The largest absolute Gasteiger partial charge is 0.394 e. The molecule has 0 aliphatic carbocycles. The Kier molecular flexibility index (Phi) is 62.4. The number of carbonyl (C=O) groups excluding carboxylic acids is 1. The lowest BCUT2D eigenvalue weighted by molar-refractivity contribution is -0.379. The molecule has 19 heteroatoms. The van der Waals surface area contributed by atoms with E-state index < -0.39 is 124 Å². The van der Waals surface area contributed by atoms with E-state index in [9.17, 15) is 61.0 Å². The maximum atomic E-state index is 13.5. The summed E-state index contributed by atoms with van der Waals surface area (Å²) in [5.74, 6) is -0.233. The fourth-order valence-corrected chi connectivity index (χ4v) is 15.5. The molecule has 17 unspecified atom stereocenters. The molecule has 0 aromatic heterocycles. The molecule has 12 N–H and O–H groups in total. The SMILES string of the molecule is CCCCCCCCCC/C=C\CCCCCCCCCCCCCCCCCCCC(=O)NC(COC1OC(CO)C(OC2OC(CO)C(OC3OC(CO)C(O)C(O)C3O)C(O)C2O)C(O)C1O)C(O)CCCCCCCCCCCCCCCCCCCCCCCCCCCCCCCCC. The van der Waals surface area contributed by atoms with E-state index in [4.69, 9.17) is 28.4 Å². The minimum Gasteiger partial charge on any atom is -0.394 e. The average molecular weight is 1500 g/mol. The third kappa shape index (κ3) is 46.3. The number of aliphatic hydroxyl groups excluding tert-OH is 11. The van der Waals surface area contributed by atoms with E-state index >= 15 is 0 Å². The van der Waals surface area contributed by atoms with Gasteiger partial charge in [0.15, 0.2) is 18.9 Å². The molecule has 17 atom stereocenters. The summed E-state index contributed by atoms with van der Waals surface area (Å²) in [6, 6.07) is -0.886. The van der Waals surface area contributed by atoms with Crippen molar-refractivity contribution in [3.8, 4) is 0 Å². The van der Waals surface area contributed by atoms with Crippen molar-refractivity contribution in [3.05, 3.63) is 12.2 Å². The van der Waals surface area contributed by atoms with E-state index in [0.29, 0.717) is 12.8 Å². The van der Waals surface area contributed by atoms with Crippen molar-refractivity contribution in [1.82, 2.24) is 5.32 Å². The summed E-state index contributed by atoms with van der Waals surface area (Å²) < 4.78 is 34.6. The highest BCUT2D eigenvalue weighted by Crippen LogP contribution is 2.34. The fraction of sp³-hybridized carbons (Fsp3) is 0.965. The van der Waals surface area contributed by atoms with Crippen molar-refractivity contribution < 1.29 is 89.4 Å². The molecule has 105 heavy (non-hydrogen) atoms. The van der Waals surface area contributed by atoms with E-state index in [-0.39, 0.29) is 18.9 Å². The third-order valence-corrected chi connectivity index (χ3v) is 22.6. The van der Waals surface area contributed by atoms with Crippen LogP contribution >= 0.6 is 0 Å². The third-order valence-electron chi connectivity index (χ3n) is 22.6. The van der Waals surface area contributed by atoms with Crippen molar-refractivity contribution in [3.63, 3.8) is 0 Å². The molecule has 622 valence electrons. The first-order valence-electron chi connectivity index (χ1n) is 44.4. The zero-order valence-corrected chi connectivity index (χ0v) is 67.0. The predicted octanol–water partition coefficient (Wildman–Crippen LogP) is 16.3. The minimum atomic E-state index is -1.97. The summed E-state index contributed by atoms with van der Waals surface area (Å²) >= 11 is 0. The average Bonchev–Trinajstić information content (AvgIpc) is 0.781. The molecule has 0 bridgehead atoms. The molecule has 0 aromatic rings. The highest BCUT2D eigenvalue weighted by molar-refractivity contribution is 5.76. The molecule has 0 aromatic carbocycles. The summed E-state index contributed by atoms with van der Waals surface area (Å²) in [4.78, 5) is 13.5. The summed E-state index contributed by atoms with van der Waals surface area (Å²) in [7, 11) is 0. The van der Waals surface area contributed by atoms with Gasteiger partial charge in [-0.3, -0.25) is 4.79 Å². The number of allylic oxidation sites excluding steroid dienone is 2. The maximum absolute atomic E-state index is 13.5. The van der Waals surface area contributed by atoms with Crippen LogP contribution in [0.2, 0.25) is 0 Å². The van der Waals surface area contributed by atoms with E-state index in [1.807, 2.05) is 0 Å². The molecule has 3 saturated heterocycles. The standard InChI is InChI=1S/C86H165NO18/c1-3-5-7-9-11-13-15-17-19-21-23-25-27-29-31-33-34-36-37-39-41-43-45-47-49-51-53-55-57-59-61-63-70(91)69(87-74(92)64-62-60-58-56-54-52-50-48-46-44-42-40-38-35-32-30-28-26-24-22-20-18-16-14-12-10-8-6-4-2)68-100-84-80(98)77(95)82(72(66-89)102-84)105-86-81(99)78(96)83(73(67-90)103-86)104-85-79(97)76(94)75(93)71(65-88)101-85/h22,24,69-73,75-86,88-91,93-99H,3-21,23,25-68H2,1-2H3,(H,87,92)/b24-22-. The van der Waals surface area contributed by atoms with Crippen LogP contribution in [0.5, 0.6) is 0 Å². The van der Waals surface area contributed by atoms with Gasteiger partial charge in [0.25, 0.3) is 0 Å². The lowest BCUT2D eigenvalue weighted by Crippen LogP contribution is -2.66. The fourth-order valence-electron chi connectivity index (χ4n) is 15.5. The van der Waals surface area contributed by atoms with Gasteiger partial charge in [-0.25, -0.2) is 0 Å². The zero-order chi connectivity index (χ0) is 76.0. The molecule has 3 heterocycles. The number of unbranched alkanes of at least 4 members (excludes halogenated alkanes) is 55. The van der Waals surface area contributed by atoms with Crippen LogP contribution in [0.4, 0.5) is 0 Å². The Morgan fingerprint density at radius 3 is 0.924 bits per heavy atom. The number of nitrogens with one attached hydrogen (secondary N) is 1. The van der Waals surface area contributed by atoms with E-state index in [2.05, 4.69) is 31.3 Å². The molecule has 3 aliphatic rings. The Morgan fingerprint density at radius 2 is 0.600 bits per heavy atom. The van der Waals surface area contributed by atoms with Crippen molar-refractivity contribution in [1.29, 1.82) is 0 Å². The first kappa shape index (κ1) is 97.7. The van der Waals surface area contributed by atoms with Gasteiger partial charge in [0, 0.05) is 6.42 Å². The van der Waals surface area contributed by atoms with Crippen LogP contribution in [-0.2, 0) is 33.2 Å². The smallest absolute Gasteiger partial charge is 0.220 e. The molecule has 3 fully saturated rings. The Morgan fingerprint density at radius 1 is 0.333 bits per heavy atom. The molecule has 1 amide bonds. The number of carbonyl (C=O) groups is 1. The molecule has 0 saturated carbocycles. The minimum absolute atomic E-state index is 0.233. The van der Waals surface area contributed by atoms with Gasteiger partial charge in [0.2, 0.25) is 5.91 Å². The second-order valence-corrected chi connectivity index (χ2v) is 32.1. The molecule has 19 nitrogen and oxygen atoms in total. The predicted molar refractivity (Wildman–Crippen MR) is 420 cm³/mol. The van der Waals surface area contributed by atoms with E-state index in [1.54, 1.807) is 0 Å². The maximum Gasteiger partial charge on any atom is 0.220 e. The Bertz CT molecular complexity index is 1940. The molecule has 3 rings (SSSR count). The van der Waals surface area contributed by atoms with E-state index in [0.717, 1.165) is 44.9 Å². The molecular formula is C86H165NO18. The van der Waals surface area contributed by atoms with Gasteiger partial charge in [-0.2, -0.15) is 0 Å². The Balaban J connectivity index is 1.33. The van der Waals surface area contributed by atoms with Crippen molar-refractivity contribution in [2.24, 2.45) is 0 Å². The van der Waals surface area contributed by atoms with Gasteiger partial charge in [-0.1, -0.05) is 366 Å². The quantitative estimate of drug-likeness (QED) is 0.0199. The summed E-state index contributed by atoms with van der Waals surface area (Å²) in [5, 5.41) is 121. The number of amides is 1. The van der Waals surface area contributed by atoms with Gasteiger partial charge in [0.1, 0.15) is 73.2 Å². The lowest BCUT2D eigenvalue weighted by atomic mass is 9.96. The molecular weight excluding hydrogens is 1330 g/mol. The second-order valence-electron chi connectivity index (χ2n) is 32.1. The monoisotopic (exact) mass is 1500 g/mol. The molecule has 3 aliphatic heterocycles. The summed E-state index contributed by atoms with van der Waals surface area (Å²) in [6.07, 6.45) is 54.6. The zero-order valence-electron chi connectivity index (χ0n) is 67.0. The Labute approximate surface area is 639 Å².